The van der Waals surface area contributed by atoms with Gasteiger partial charge in [-0.15, -0.1) is 0 Å². The van der Waals surface area contributed by atoms with Crippen LogP contribution in [0.1, 0.15) is 40.7 Å². The fraction of sp³-hybridized carbons (Fsp3) is 0.381. The minimum absolute atomic E-state index is 0.000109. The van der Waals surface area contributed by atoms with Gasteiger partial charge in [0.15, 0.2) is 0 Å². The fourth-order valence-electron chi connectivity index (χ4n) is 3.53. The number of amides is 1. The summed E-state index contributed by atoms with van der Waals surface area (Å²) >= 11 is 0. The number of rotatable bonds is 4. The first-order chi connectivity index (χ1) is 12.0. The van der Waals surface area contributed by atoms with Gasteiger partial charge < -0.3 is 10.0 Å². The van der Waals surface area contributed by atoms with Gasteiger partial charge in [0.2, 0.25) is 0 Å². The van der Waals surface area contributed by atoms with Crippen molar-refractivity contribution in [1.29, 1.82) is 0 Å². The highest BCUT2D eigenvalue weighted by molar-refractivity contribution is 5.96. The van der Waals surface area contributed by atoms with Crippen molar-refractivity contribution >= 4 is 5.91 Å². The minimum atomic E-state index is -0.209. The van der Waals surface area contributed by atoms with Crippen molar-refractivity contribution in [3.63, 3.8) is 0 Å². The maximum Gasteiger partial charge on any atom is 0.254 e. The molecule has 132 valence electrons. The molecular weight excluding hydrogens is 317 g/mol. The summed E-state index contributed by atoms with van der Waals surface area (Å²) in [4.78, 5) is 14.7. The second kappa shape index (κ2) is 7.68. The molecule has 1 heterocycles. The lowest BCUT2D eigenvalue weighted by atomic mass is 9.91. The fourth-order valence-corrected chi connectivity index (χ4v) is 3.53. The van der Waals surface area contributed by atoms with E-state index in [9.17, 15) is 14.3 Å². The van der Waals surface area contributed by atoms with E-state index in [1.165, 1.54) is 12.1 Å². The van der Waals surface area contributed by atoms with Crippen LogP contribution in [0, 0.1) is 18.7 Å². The number of hydrogen-bond donors (Lipinski definition) is 1. The maximum absolute atomic E-state index is 13.0. The van der Waals surface area contributed by atoms with Gasteiger partial charge in [0.1, 0.15) is 11.6 Å². The molecule has 1 saturated heterocycles. The van der Waals surface area contributed by atoms with Crippen molar-refractivity contribution in [3.05, 3.63) is 65.0 Å². The lowest BCUT2D eigenvalue weighted by Crippen LogP contribution is -2.40. The standard InChI is InChI=1S/C21H24FNO2/c1-15-19(5-2-6-20(15)24)21(25)23-13-3-4-17(14-23)8-7-16-9-11-18(22)12-10-16/h2,5-6,9-12,17,24H,3-4,7-8,13-14H2,1H3/t17-/m1/s1. The van der Waals surface area contributed by atoms with E-state index in [1.54, 1.807) is 25.1 Å². The van der Waals surface area contributed by atoms with E-state index in [4.69, 9.17) is 0 Å². The Morgan fingerprint density at radius 2 is 2.00 bits per heavy atom. The highest BCUT2D eigenvalue weighted by Crippen LogP contribution is 2.26. The SMILES string of the molecule is Cc1c(O)cccc1C(=O)N1CCC[C@H](CCc2ccc(F)cc2)C1. The Kier molecular flexibility index (Phi) is 5.37. The molecule has 0 bridgehead atoms. The zero-order valence-corrected chi connectivity index (χ0v) is 14.5. The summed E-state index contributed by atoms with van der Waals surface area (Å²) in [6, 6.07) is 11.8. The van der Waals surface area contributed by atoms with Crippen molar-refractivity contribution in [2.24, 2.45) is 5.92 Å². The minimum Gasteiger partial charge on any atom is -0.508 e. The number of piperidine rings is 1. The molecule has 0 spiro atoms. The summed E-state index contributed by atoms with van der Waals surface area (Å²) in [7, 11) is 0. The number of benzene rings is 2. The molecule has 1 aliphatic rings. The number of carbonyl (C=O) groups is 1. The van der Waals surface area contributed by atoms with Crippen molar-refractivity contribution < 1.29 is 14.3 Å². The highest BCUT2D eigenvalue weighted by Gasteiger charge is 2.25. The smallest absolute Gasteiger partial charge is 0.254 e. The van der Waals surface area contributed by atoms with Gasteiger partial charge in [0.25, 0.3) is 5.91 Å². The quantitative estimate of drug-likeness (QED) is 0.899. The van der Waals surface area contributed by atoms with Crippen LogP contribution in [0.25, 0.3) is 0 Å². The van der Waals surface area contributed by atoms with E-state index in [1.807, 2.05) is 17.0 Å². The zero-order chi connectivity index (χ0) is 17.8. The maximum atomic E-state index is 13.0. The zero-order valence-electron chi connectivity index (χ0n) is 14.5. The molecule has 1 aliphatic heterocycles. The number of likely N-dealkylation sites (tertiary alicyclic amines) is 1. The second-order valence-electron chi connectivity index (χ2n) is 6.87. The predicted octanol–water partition coefficient (Wildman–Crippen LogP) is 4.32. The molecule has 1 N–H and O–H groups in total. The van der Waals surface area contributed by atoms with Crippen molar-refractivity contribution in [3.8, 4) is 5.75 Å². The number of halogens is 1. The number of aryl methyl sites for hydroxylation is 1. The number of nitrogens with zero attached hydrogens (tertiary/aromatic N) is 1. The van der Waals surface area contributed by atoms with Gasteiger partial charge in [0.05, 0.1) is 0 Å². The van der Waals surface area contributed by atoms with Crippen LogP contribution in [0.5, 0.6) is 5.75 Å². The van der Waals surface area contributed by atoms with Crippen molar-refractivity contribution in [1.82, 2.24) is 4.90 Å². The molecule has 2 aromatic carbocycles. The van der Waals surface area contributed by atoms with E-state index < -0.39 is 0 Å². The summed E-state index contributed by atoms with van der Waals surface area (Å²) in [5, 5.41) is 9.83. The topological polar surface area (TPSA) is 40.5 Å². The monoisotopic (exact) mass is 341 g/mol. The van der Waals surface area contributed by atoms with Crippen LogP contribution in [0.15, 0.2) is 42.5 Å². The Morgan fingerprint density at radius 3 is 2.76 bits per heavy atom. The average molecular weight is 341 g/mol. The van der Waals surface area contributed by atoms with Crippen LogP contribution in [-0.2, 0) is 6.42 Å². The van der Waals surface area contributed by atoms with Gasteiger partial charge in [-0.1, -0.05) is 18.2 Å². The Bertz CT molecular complexity index is 742. The normalized spacial score (nSPS) is 17.5. The summed E-state index contributed by atoms with van der Waals surface area (Å²) in [6.07, 6.45) is 4.01. The molecule has 3 rings (SSSR count). The van der Waals surface area contributed by atoms with Gasteiger partial charge in [-0.2, -0.15) is 0 Å². The third kappa shape index (κ3) is 4.19. The lowest BCUT2D eigenvalue weighted by molar-refractivity contribution is 0.0667. The Labute approximate surface area is 148 Å². The summed E-state index contributed by atoms with van der Waals surface area (Å²) in [5.41, 5.74) is 2.36. The van der Waals surface area contributed by atoms with Crippen LogP contribution in [-0.4, -0.2) is 29.0 Å². The van der Waals surface area contributed by atoms with Crippen molar-refractivity contribution in [2.75, 3.05) is 13.1 Å². The highest BCUT2D eigenvalue weighted by atomic mass is 19.1. The molecule has 3 nitrogen and oxygen atoms in total. The third-order valence-corrected chi connectivity index (χ3v) is 5.10. The molecule has 0 radical (unpaired) electrons. The Hall–Kier alpha value is -2.36. The first-order valence-corrected chi connectivity index (χ1v) is 8.87. The Balaban J connectivity index is 1.61. The molecule has 0 aliphatic carbocycles. The molecule has 1 fully saturated rings. The van der Waals surface area contributed by atoms with E-state index in [0.717, 1.165) is 44.3 Å². The van der Waals surface area contributed by atoms with E-state index >= 15 is 0 Å². The lowest BCUT2D eigenvalue weighted by Gasteiger charge is -2.33. The first kappa shape index (κ1) is 17.5. The van der Waals surface area contributed by atoms with E-state index in [-0.39, 0.29) is 17.5 Å². The number of hydrogen-bond acceptors (Lipinski definition) is 2. The third-order valence-electron chi connectivity index (χ3n) is 5.10. The van der Waals surface area contributed by atoms with Crippen LogP contribution >= 0.6 is 0 Å². The predicted molar refractivity (Wildman–Crippen MR) is 96.2 cm³/mol. The number of phenols is 1. The molecule has 1 atom stereocenters. The number of phenolic OH excluding ortho intramolecular Hbond substituents is 1. The summed E-state index contributed by atoms with van der Waals surface area (Å²) < 4.78 is 13.0. The van der Waals surface area contributed by atoms with Crippen LogP contribution in [0.2, 0.25) is 0 Å². The van der Waals surface area contributed by atoms with Gasteiger partial charge >= 0.3 is 0 Å². The number of aromatic hydroxyl groups is 1. The molecule has 0 saturated carbocycles. The molecule has 0 aromatic heterocycles. The van der Waals surface area contributed by atoms with Crippen molar-refractivity contribution in [2.45, 2.75) is 32.6 Å². The van der Waals surface area contributed by atoms with Crippen LogP contribution in [0.4, 0.5) is 4.39 Å². The molecule has 2 aromatic rings. The molecule has 0 unspecified atom stereocenters. The van der Waals surface area contributed by atoms with Crippen LogP contribution < -0.4 is 0 Å². The van der Waals surface area contributed by atoms with E-state index in [2.05, 4.69) is 0 Å². The largest absolute Gasteiger partial charge is 0.508 e. The number of carbonyl (C=O) groups excluding carboxylic acids is 1. The van der Waals surface area contributed by atoms with Gasteiger partial charge in [-0.25, -0.2) is 4.39 Å². The summed E-state index contributed by atoms with van der Waals surface area (Å²) in [6.45, 7) is 3.29. The van der Waals surface area contributed by atoms with Gasteiger partial charge in [-0.05, 0) is 68.4 Å². The molecule has 25 heavy (non-hydrogen) atoms. The average Bonchev–Trinajstić information content (AvgIpc) is 2.63. The van der Waals surface area contributed by atoms with E-state index in [0.29, 0.717) is 17.0 Å². The molecular formula is C21H24FNO2. The second-order valence-corrected chi connectivity index (χ2v) is 6.87. The van der Waals surface area contributed by atoms with Gasteiger partial charge in [0, 0.05) is 24.2 Å². The summed E-state index contributed by atoms with van der Waals surface area (Å²) in [5.74, 6) is 0.413. The molecule has 4 heteroatoms. The Morgan fingerprint density at radius 1 is 1.24 bits per heavy atom. The first-order valence-electron chi connectivity index (χ1n) is 8.87. The van der Waals surface area contributed by atoms with Crippen LogP contribution in [0.3, 0.4) is 0 Å². The molecule has 1 amide bonds. The van der Waals surface area contributed by atoms with Gasteiger partial charge in [-0.3, -0.25) is 4.79 Å².